The SMILES string of the molecule is COC(=O)C(Cc1c(C)cc(C)cc1O)NC(=O)OC(C)(C)C. The standard InChI is InChI=1S/C17H25NO5/c1-10-7-11(2)12(14(19)8-10)9-13(15(20)22-6)18-16(21)23-17(3,4)5/h7-8,13,19H,9H2,1-6H3,(H,18,21). The quantitative estimate of drug-likeness (QED) is 0.832. The molecular formula is C17H25NO5. The Morgan fingerprint density at radius 2 is 1.87 bits per heavy atom. The van der Waals surface area contributed by atoms with E-state index in [2.05, 4.69) is 5.32 Å². The first-order valence-corrected chi connectivity index (χ1v) is 7.40. The molecule has 2 N–H and O–H groups in total. The van der Waals surface area contributed by atoms with E-state index in [0.717, 1.165) is 11.1 Å². The van der Waals surface area contributed by atoms with Crippen molar-refractivity contribution in [2.24, 2.45) is 0 Å². The van der Waals surface area contributed by atoms with E-state index < -0.39 is 23.7 Å². The molecule has 0 aliphatic heterocycles. The van der Waals surface area contributed by atoms with Crippen LogP contribution in [0.5, 0.6) is 5.75 Å². The van der Waals surface area contributed by atoms with E-state index in [1.807, 2.05) is 19.9 Å². The molecule has 6 heteroatoms. The molecule has 1 unspecified atom stereocenters. The van der Waals surface area contributed by atoms with Crippen molar-refractivity contribution in [3.63, 3.8) is 0 Å². The van der Waals surface area contributed by atoms with Gasteiger partial charge in [-0.25, -0.2) is 9.59 Å². The second kappa shape index (κ2) is 7.35. The van der Waals surface area contributed by atoms with Gasteiger partial charge in [0, 0.05) is 6.42 Å². The van der Waals surface area contributed by atoms with Crippen LogP contribution in [0.15, 0.2) is 12.1 Å². The molecule has 0 fully saturated rings. The molecule has 0 spiro atoms. The molecular weight excluding hydrogens is 298 g/mol. The lowest BCUT2D eigenvalue weighted by atomic mass is 9.98. The summed E-state index contributed by atoms with van der Waals surface area (Å²) >= 11 is 0. The zero-order valence-electron chi connectivity index (χ0n) is 14.5. The molecule has 23 heavy (non-hydrogen) atoms. The van der Waals surface area contributed by atoms with E-state index in [-0.39, 0.29) is 12.2 Å². The van der Waals surface area contributed by atoms with Crippen LogP contribution in [-0.4, -0.2) is 35.9 Å². The van der Waals surface area contributed by atoms with Gasteiger partial charge in [0.25, 0.3) is 0 Å². The van der Waals surface area contributed by atoms with E-state index >= 15 is 0 Å². The van der Waals surface area contributed by atoms with Gasteiger partial charge in [-0.1, -0.05) is 6.07 Å². The lowest BCUT2D eigenvalue weighted by Gasteiger charge is -2.23. The monoisotopic (exact) mass is 323 g/mol. The van der Waals surface area contributed by atoms with Crippen LogP contribution in [0.25, 0.3) is 0 Å². The maximum Gasteiger partial charge on any atom is 0.408 e. The molecule has 0 aromatic heterocycles. The maximum atomic E-state index is 11.9. The number of hydrogen-bond acceptors (Lipinski definition) is 5. The van der Waals surface area contributed by atoms with Gasteiger partial charge in [-0.2, -0.15) is 0 Å². The van der Waals surface area contributed by atoms with Crippen molar-refractivity contribution in [1.82, 2.24) is 5.32 Å². The number of carbonyl (C=O) groups is 2. The van der Waals surface area contributed by atoms with Crippen LogP contribution < -0.4 is 5.32 Å². The summed E-state index contributed by atoms with van der Waals surface area (Å²) in [5.41, 5.74) is 1.66. The van der Waals surface area contributed by atoms with Gasteiger partial charge in [0.1, 0.15) is 17.4 Å². The van der Waals surface area contributed by atoms with Crippen molar-refractivity contribution in [2.75, 3.05) is 7.11 Å². The summed E-state index contributed by atoms with van der Waals surface area (Å²) in [5.74, 6) is -0.516. The number of aryl methyl sites for hydroxylation is 2. The summed E-state index contributed by atoms with van der Waals surface area (Å²) in [6, 6.07) is 2.57. The molecule has 1 aromatic carbocycles. The molecule has 0 heterocycles. The summed E-state index contributed by atoms with van der Waals surface area (Å²) in [5, 5.41) is 12.6. The Morgan fingerprint density at radius 3 is 2.35 bits per heavy atom. The highest BCUT2D eigenvalue weighted by molar-refractivity contribution is 5.81. The average Bonchev–Trinajstić information content (AvgIpc) is 2.38. The molecule has 1 atom stereocenters. The summed E-state index contributed by atoms with van der Waals surface area (Å²) in [7, 11) is 1.24. The third-order valence-electron chi connectivity index (χ3n) is 3.18. The minimum absolute atomic E-state index is 0.0855. The van der Waals surface area contributed by atoms with Gasteiger partial charge in [0.05, 0.1) is 7.11 Å². The number of aromatic hydroxyl groups is 1. The average molecular weight is 323 g/mol. The number of benzene rings is 1. The van der Waals surface area contributed by atoms with Crippen molar-refractivity contribution in [1.29, 1.82) is 0 Å². The summed E-state index contributed by atoms with van der Waals surface area (Å²) in [4.78, 5) is 23.8. The molecule has 0 radical (unpaired) electrons. The first-order valence-electron chi connectivity index (χ1n) is 7.40. The Bertz CT molecular complexity index is 566. The predicted molar refractivity (Wildman–Crippen MR) is 86.5 cm³/mol. The topological polar surface area (TPSA) is 84.9 Å². The molecule has 0 saturated carbocycles. The summed E-state index contributed by atoms with van der Waals surface area (Å²) in [6.07, 6.45) is -0.596. The highest BCUT2D eigenvalue weighted by atomic mass is 16.6. The third-order valence-corrected chi connectivity index (χ3v) is 3.18. The fraction of sp³-hybridized carbons (Fsp3) is 0.529. The number of ether oxygens (including phenoxy) is 2. The number of nitrogens with one attached hydrogen (secondary N) is 1. The smallest absolute Gasteiger partial charge is 0.408 e. The Kier molecular flexibility index (Phi) is 6.01. The van der Waals surface area contributed by atoms with E-state index in [0.29, 0.717) is 5.56 Å². The highest BCUT2D eigenvalue weighted by Gasteiger charge is 2.26. The predicted octanol–water partition coefficient (Wildman–Crippen LogP) is 2.62. The zero-order chi connectivity index (χ0) is 17.8. The van der Waals surface area contributed by atoms with Gasteiger partial charge in [0.2, 0.25) is 0 Å². The molecule has 6 nitrogen and oxygen atoms in total. The maximum absolute atomic E-state index is 11.9. The van der Waals surface area contributed by atoms with Crippen LogP contribution in [0, 0.1) is 13.8 Å². The number of alkyl carbamates (subject to hydrolysis) is 1. The minimum atomic E-state index is -0.942. The van der Waals surface area contributed by atoms with E-state index in [9.17, 15) is 14.7 Å². The summed E-state index contributed by atoms with van der Waals surface area (Å²) < 4.78 is 9.89. The number of phenolic OH excluding ortho intramolecular Hbond substituents is 1. The number of rotatable bonds is 4. The van der Waals surface area contributed by atoms with Gasteiger partial charge in [0.15, 0.2) is 0 Å². The molecule has 0 bridgehead atoms. The molecule has 0 aliphatic rings. The second-order valence-electron chi connectivity index (χ2n) is 6.51. The van der Waals surface area contributed by atoms with Crippen molar-refractivity contribution >= 4 is 12.1 Å². The number of hydrogen-bond donors (Lipinski definition) is 2. The van der Waals surface area contributed by atoms with Gasteiger partial charge in [-0.05, 0) is 57.4 Å². The third kappa shape index (κ3) is 5.81. The number of amides is 1. The van der Waals surface area contributed by atoms with Crippen molar-refractivity contribution in [3.05, 3.63) is 28.8 Å². The molecule has 1 aromatic rings. The van der Waals surface area contributed by atoms with Gasteiger partial charge in [-0.3, -0.25) is 0 Å². The van der Waals surface area contributed by atoms with Crippen LogP contribution in [0.2, 0.25) is 0 Å². The lowest BCUT2D eigenvalue weighted by Crippen LogP contribution is -2.45. The van der Waals surface area contributed by atoms with Crippen LogP contribution in [0.4, 0.5) is 4.79 Å². The molecule has 1 amide bonds. The zero-order valence-corrected chi connectivity index (χ0v) is 14.5. The largest absolute Gasteiger partial charge is 0.508 e. The van der Waals surface area contributed by atoms with Crippen molar-refractivity contribution in [2.45, 2.75) is 52.7 Å². The minimum Gasteiger partial charge on any atom is -0.508 e. The number of phenols is 1. The molecule has 0 saturated heterocycles. The number of esters is 1. The Hall–Kier alpha value is -2.24. The fourth-order valence-electron chi connectivity index (χ4n) is 2.23. The molecule has 1 rings (SSSR count). The van der Waals surface area contributed by atoms with Crippen LogP contribution in [-0.2, 0) is 20.7 Å². The van der Waals surface area contributed by atoms with Gasteiger partial charge < -0.3 is 19.9 Å². The Balaban J connectivity index is 2.97. The van der Waals surface area contributed by atoms with Gasteiger partial charge in [-0.15, -0.1) is 0 Å². The summed E-state index contributed by atoms with van der Waals surface area (Å²) in [6.45, 7) is 8.90. The fourth-order valence-corrected chi connectivity index (χ4v) is 2.23. The lowest BCUT2D eigenvalue weighted by molar-refractivity contribution is -0.143. The molecule has 0 aliphatic carbocycles. The first-order chi connectivity index (χ1) is 10.5. The van der Waals surface area contributed by atoms with Crippen molar-refractivity contribution < 1.29 is 24.2 Å². The first kappa shape index (κ1) is 18.8. The van der Waals surface area contributed by atoms with E-state index in [1.165, 1.54) is 7.11 Å². The van der Waals surface area contributed by atoms with Crippen LogP contribution in [0.1, 0.15) is 37.5 Å². The van der Waals surface area contributed by atoms with E-state index in [4.69, 9.17) is 9.47 Å². The Morgan fingerprint density at radius 1 is 1.26 bits per heavy atom. The van der Waals surface area contributed by atoms with E-state index in [1.54, 1.807) is 26.8 Å². The second-order valence-corrected chi connectivity index (χ2v) is 6.51. The number of carbonyl (C=O) groups excluding carboxylic acids is 2. The van der Waals surface area contributed by atoms with Crippen LogP contribution in [0.3, 0.4) is 0 Å². The Labute approximate surface area is 136 Å². The highest BCUT2D eigenvalue weighted by Crippen LogP contribution is 2.24. The molecule has 128 valence electrons. The van der Waals surface area contributed by atoms with Crippen LogP contribution >= 0.6 is 0 Å². The normalized spacial score (nSPS) is 12.4. The van der Waals surface area contributed by atoms with Gasteiger partial charge >= 0.3 is 12.1 Å². The van der Waals surface area contributed by atoms with Crippen molar-refractivity contribution in [3.8, 4) is 5.75 Å². The number of methoxy groups -OCH3 is 1.